The van der Waals surface area contributed by atoms with Crippen molar-refractivity contribution < 1.29 is 0 Å². The zero-order valence-corrected chi connectivity index (χ0v) is 12.3. The number of rotatable bonds is 5. The molecule has 1 atom stereocenters. The molecular weight excluding hydrogens is 262 g/mol. The molecule has 0 saturated carbocycles. The second-order valence-corrected chi connectivity index (χ2v) is 4.87. The van der Waals surface area contributed by atoms with Crippen LogP contribution in [0, 0.1) is 0 Å². The average Bonchev–Trinajstić information content (AvgIpc) is 3.19. The van der Waals surface area contributed by atoms with E-state index in [0.29, 0.717) is 0 Å². The lowest BCUT2D eigenvalue weighted by molar-refractivity contribution is 0.644. The highest BCUT2D eigenvalue weighted by molar-refractivity contribution is 5.32. The Labute approximate surface area is 124 Å². The van der Waals surface area contributed by atoms with Gasteiger partial charge in [-0.1, -0.05) is 18.2 Å². The standard InChI is InChI=1S/C16H19N5/c1-3-20-12-13(11-18-20)16(17-2)15-9-10-21(19-15)14-7-5-4-6-8-14/h4-12,16-17H,3H2,1-2H3. The minimum Gasteiger partial charge on any atom is -0.308 e. The van der Waals surface area contributed by atoms with Gasteiger partial charge in [-0.05, 0) is 32.2 Å². The van der Waals surface area contributed by atoms with Crippen molar-refractivity contribution >= 4 is 0 Å². The van der Waals surface area contributed by atoms with Crippen molar-refractivity contribution in [1.29, 1.82) is 0 Å². The van der Waals surface area contributed by atoms with Crippen molar-refractivity contribution in [2.24, 2.45) is 0 Å². The Morgan fingerprint density at radius 3 is 2.67 bits per heavy atom. The summed E-state index contributed by atoms with van der Waals surface area (Å²) >= 11 is 0. The maximum Gasteiger partial charge on any atom is 0.0844 e. The van der Waals surface area contributed by atoms with E-state index in [9.17, 15) is 0 Å². The molecule has 108 valence electrons. The fourth-order valence-electron chi connectivity index (χ4n) is 2.40. The highest BCUT2D eigenvalue weighted by Crippen LogP contribution is 2.20. The molecular formula is C16H19N5. The molecule has 1 aromatic carbocycles. The van der Waals surface area contributed by atoms with Crippen molar-refractivity contribution in [3.63, 3.8) is 0 Å². The number of benzene rings is 1. The van der Waals surface area contributed by atoms with Crippen LogP contribution in [0.3, 0.4) is 0 Å². The van der Waals surface area contributed by atoms with Gasteiger partial charge in [-0.15, -0.1) is 0 Å². The number of aromatic nitrogens is 4. The van der Waals surface area contributed by atoms with Crippen molar-refractivity contribution in [1.82, 2.24) is 24.9 Å². The number of aryl methyl sites for hydroxylation is 1. The normalized spacial score (nSPS) is 12.5. The van der Waals surface area contributed by atoms with Crippen molar-refractivity contribution in [2.75, 3.05) is 7.05 Å². The summed E-state index contributed by atoms with van der Waals surface area (Å²) in [6, 6.07) is 12.2. The summed E-state index contributed by atoms with van der Waals surface area (Å²) in [7, 11) is 1.94. The van der Waals surface area contributed by atoms with Crippen LogP contribution >= 0.6 is 0 Å². The third kappa shape index (κ3) is 2.73. The second kappa shape index (κ2) is 5.93. The lowest BCUT2D eigenvalue weighted by Crippen LogP contribution is -2.18. The van der Waals surface area contributed by atoms with Gasteiger partial charge in [-0.2, -0.15) is 10.2 Å². The van der Waals surface area contributed by atoms with E-state index in [1.54, 1.807) is 0 Å². The van der Waals surface area contributed by atoms with E-state index in [0.717, 1.165) is 23.5 Å². The van der Waals surface area contributed by atoms with Crippen LogP contribution in [0.1, 0.15) is 24.2 Å². The molecule has 2 aromatic heterocycles. The van der Waals surface area contributed by atoms with Crippen molar-refractivity contribution in [3.05, 3.63) is 66.2 Å². The summed E-state index contributed by atoms with van der Waals surface area (Å²) in [5.41, 5.74) is 3.16. The molecule has 0 aliphatic rings. The smallest absolute Gasteiger partial charge is 0.0844 e. The molecule has 0 saturated heterocycles. The van der Waals surface area contributed by atoms with E-state index in [-0.39, 0.29) is 6.04 Å². The number of hydrogen-bond donors (Lipinski definition) is 1. The Bertz CT molecular complexity index is 698. The van der Waals surface area contributed by atoms with E-state index >= 15 is 0 Å². The minimum absolute atomic E-state index is 0.0512. The van der Waals surface area contributed by atoms with E-state index in [1.165, 1.54) is 0 Å². The Balaban J connectivity index is 1.90. The topological polar surface area (TPSA) is 47.7 Å². The predicted molar refractivity (Wildman–Crippen MR) is 82.4 cm³/mol. The van der Waals surface area contributed by atoms with E-state index in [4.69, 9.17) is 0 Å². The van der Waals surface area contributed by atoms with Gasteiger partial charge in [-0.25, -0.2) is 4.68 Å². The minimum atomic E-state index is 0.0512. The molecule has 2 heterocycles. The molecule has 1 unspecified atom stereocenters. The van der Waals surface area contributed by atoms with Gasteiger partial charge >= 0.3 is 0 Å². The summed E-state index contributed by atoms with van der Waals surface area (Å²) in [5.74, 6) is 0. The molecule has 3 aromatic rings. The van der Waals surface area contributed by atoms with Crippen LogP contribution in [0.5, 0.6) is 0 Å². The SMILES string of the molecule is CCn1cc(C(NC)c2ccn(-c3ccccc3)n2)cn1. The quantitative estimate of drug-likeness (QED) is 0.781. The van der Waals surface area contributed by atoms with Crippen LogP contribution in [0.2, 0.25) is 0 Å². The fraction of sp³-hybridized carbons (Fsp3) is 0.250. The first-order chi connectivity index (χ1) is 10.3. The summed E-state index contributed by atoms with van der Waals surface area (Å²) < 4.78 is 3.82. The lowest BCUT2D eigenvalue weighted by atomic mass is 10.1. The average molecular weight is 281 g/mol. The molecule has 21 heavy (non-hydrogen) atoms. The first kappa shape index (κ1) is 13.6. The van der Waals surface area contributed by atoms with E-state index in [2.05, 4.69) is 28.6 Å². The van der Waals surface area contributed by atoms with Crippen LogP contribution in [-0.2, 0) is 6.54 Å². The summed E-state index contributed by atoms with van der Waals surface area (Å²) in [4.78, 5) is 0. The van der Waals surface area contributed by atoms with E-state index < -0.39 is 0 Å². The lowest BCUT2D eigenvalue weighted by Gasteiger charge is -2.11. The molecule has 1 N–H and O–H groups in total. The Hall–Kier alpha value is -2.40. The van der Waals surface area contributed by atoms with Gasteiger partial charge in [0, 0.05) is 24.5 Å². The third-order valence-electron chi connectivity index (χ3n) is 3.53. The van der Waals surface area contributed by atoms with E-state index in [1.807, 2.05) is 65.2 Å². The van der Waals surface area contributed by atoms with Crippen LogP contribution in [0.4, 0.5) is 0 Å². The predicted octanol–water partition coefficient (Wildman–Crippen LogP) is 2.40. The number of para-hydroxylation sites is 1. The monoisotopic (exact) mass is 281 g/mol. The zero-order chi connectivity index (χ0) is 14.7. The number of nitrogens with one attached hydrogen (secondary N) is 1. The van der Waals surface area contributed by atoms with Gasteiger partial charge in [0.05, 0.1) is 23.6 Å². The Kier molecular flexibility index (Phi) is 3.83. The first-order valence-corrected chi connectivity index (χ1v) is 7.12. The van der Waals surface area contributed by atoms with Gasteiger partial charge in [0.2, 0.25) is 0 Å². The summed E-state index contributed by atoms with van der Waals surface area (Å²) in [6.45, 7) is 2.95. The van der Waals surface area contributed by atoms with Gasteiger partial charge in [-0.3, -0.25) is 4.68 Å². The van der Waals surface area contributed by atoms with Crippen LogP contribution in [0.15, 0.2) is 55.0 Å². The first-order valence-electron chi connectivity index (χ1n) is 7.12. The van der Waals surface area contributed by atoms with Gasteiger partial charge < -0.3 is 5.32 Å². The summed E-state index contributed by atoms with van der Waals surface area (Å²) in [6.07, 6.45) is 5.94. The largest absolute Gasteiger partial charge is 0.308 e. The number of nitrogens with zero attached hydrogens (tertiary/aromatic N) is 4. The third-order valence-corrected chi connectivity index (χ3v) is 3.53. The highest BCUT2D eigenvalue weighted by atomic mass is 15.3. The Morgan fingerprint density at radius 2 is 2.00 bits per heavy atom. The van der Waals surface area contributed by atoms with Gasteiger partial charge in [0.25, 0.3) is 0 Å². The maximum absolute atomic E-state index is 4.68. The molecule has 3 rings (SSSR count). The molecule has 0 aliphatic heterocycles. The van der Waals surface area contributed by atoms with Gasteiger partial charge in [0.1, 0.15) is 0 Å². The zero-order valence-electron chi connectivity index (χ0n) is 12.3. The summed E-state index contributed by atoms with van der Waals surface area (Å²) in [5, 5.41) is 12.3. The second-order valence-electron chi connectivity index (χ2n) is 4.87. The van der Waals surface area contributed by atoms with Crippen LogP contribution < -0.4 is 5.32 Å². The van der Waals surface area contributed by atoms with Crippen molar-refractivity contribution in [2.45, 2.75) is 19.5 Å². The molecule has 0 radical (unpaired) electrons. The molecule has 0 bridgehead atoms. The molecule has 0 aliphatic carbocycles. The van der Waals surface area contributed by atoms with Crippen LogP contribution in [-0.4, -0.2) is 26.6 Å². The van der Waals surface area contributed by atoms with Crippen LogP contribution in [0.25, 0.3) is 5.69 Å². The van der Waals surface area contributed by atoms with Gasteiger partial charge in [0.15, 0.2) is 0 Å². The Morgan fingerprint density at radius 1 is 1.19 bits per heavy atom. The fourth-order valence-corrected chi connectivity index (χ4v) is 2.40. The number of hydrogen-bond acceptors (Lipinski definition) is 3. The van der Waals surface area contributed by atoms with Crippen molar-refractivity contribution in [3.8, 4) is 5.69 Å². The molecule has 5 nitrogen and oxygen atoms in total. The molecule has 0 spiro atoms. The molecule has 5 heteroatoms. The highest BCUT2D eigenvalue weighted by Gasteiger charge is 2.16. The molecule has 0 fully saturated rings. The molecule has 0 amide bonds. The maximum atomic E-state index is 4.68.